The molecule has 5 heteroatoms. The number of carbonyl (C=O) groups excluding carboxylic acids is 1. The highest BCUT2D eigenvalue weighted by Crippen LogP contribution is 2.33. The number of hydrogen-bond donors (Lipinski definition) is 1. The summed E-state index contributed by atoms with van der Waals surface area (Å²) in [7, 11) is 0. The molecule has 0 radical (unpaired) electrons. The number of halogens is 1. The van der Waals surface area contributed by atoms with E-state index in [4.69, 9.17) is 16.9 Å². The molecule has 1 aliphatic heterocycles. The normalized spacial score (nSPS) is 18.4. The lowest BCUT2D eigenvalue weighted by Crippen LogP contribution is -2.37. The van der Waals surface area contributed by atoms with Gasteiger partial charge in [-0.15, -0.1) is 0 Å². The molecular formula is C15H18ClN3O. The fourth-order valence-corrected chi connectivity index (χ4v) is 2.84. The summed E-state index contributed by atoms with van der Waals surface area (Å²) in [5.41, 5.74) is 1.64. The van der Waals surface area contributed by atoms with Crippen molar-refractivity contribution in [1.82, 2.24) is 0 Å². The second kappa shape index (κ2) is 6.62. The van der Waals surface area contributed by atoms with Crippen LogP contribution in [0.15, 0.2) is 18.2 Å². The number of benzene rings is 1. The number of rotatable bonds is 3. The van der Waals surface area contributed by atoms with Crippen molar-refractivity contribution in [3.05, 3.63) is 23.2 Å². The minimum atomic E-state index is -0.317. The first-order valence-corrected chi connectivity index (χ1v) is 7.22. The quantitative estimate of drug-likeness (QED) is 0.926. The van der Waals surface area contributed by atoms with Crippen molar-refractivity contribution < 1.29 is 4.79 Å². The molecule has 2 rings (SSSR count). The summed E-state index contributed by atoms with van der Waals surface area (Å²) in [6.07, 6.45) is 3.47. The molecule has 0 aromatic heterocycles. The van der Waals surface area contributed by atoms with Crippen molar-refractivity contribution >= 4 is 28.9 Å². The van der Waals surface area contributed by atoms with Gasteiger partial charge < -0.3 is 10.2 Å². The largest absolute Gasteiger partial charge is 0.368 e. The van der Waals surface area contributed by atoms with Gasteiger partial charge in [0.2, 0.25) is 5.91 Å². The van der Waals surface area contributed by atoms with E-state index in [0.717, 1.165) is 12.2 Å². The number of anilines is 2. The average Bonchev–Trinajstić information content (AvgIpc) is 2.40. The molecule has 1 fully saturated rings. The highest BCUT2D eigenvalue weighted by atomic mass is 35.5. The SMILES string of the molecule is CC1CCCCN1c1ccc(NC(=O)CC#N)cc1Cl. The first kappa shape index (κ1) is 14.7. The Morgan fingerprint density at radius 1 is 1.55 bits per heavy atom. The van der Waals surface area contributed by atoms with Crippen molar-refractivity contribution in [3.8, 4) is 6.07 Å². The Kier molecular flexibility index (Phi) is 4.86. The van der Waals surface area contributed by atoms with E-state index in [1.807, 2.05) is 18.2 Å². The van der Waals surface area contributed by atoms with Crippen LogP contribution in [0.4, 0.5) is 11.4 Å². The maximum Gasteiger partial charge on any atom is 0.238 e. The van der Waals surface area contributed by atoms with E-state index in [0.29, 0.717) is 16.8 Å². The second-order valence-corrected chi connectivity index (χ2v) is 5.49. The fourth-order valence-electron chi connectivity index (χ4n) is 2.55. The summed E-state index contributed by atoms with van der Waals surface area (Å²) in [5, 5.41) is 11.8. The summed E-state index contributed by atoms with van der Waals surface area (Å²) in [6, 6.07) is 7.82. The van der Waals surface area contributed by atoms with Crippen LogP contribution in [0, 0.1) is 11.3 Å². The first-order chi connectivity index (χ1) is 9.61. The number of carbonyl (C=O) groups is 1. The Hall–Kier alpha value is -1.73. The molecular weight excluding hydrogens is 274 g/mol. The average molecular weight is 292 g/mol. The van der Waals surface area contributed by atoms with E-state index in [1.54, 1.807) is 6.07 Å². The van der Waals surface area contributed by atoms with Gasteiger partial charge in [-0.2, -0.15) is 5.26 Å². The Balaban J connectivity index is 2.13. The van der Waals surface area contributed by atoms with E-state index < -0.39 is 0 Å². The summed E-state index contributed by atoms with van der Waals surface area (Å²) in [4.78, 5) is 13.7. The molecule has 1 amide bonds. The molecule has 20 heavy (non-hydrogen) atoms. The van der Waals surface area contributed by atoms with Gasteiger partial charge in [-0.05, 0) is 44.4 Å². The van der Waals surface area contributed by atoms with Crippen LogP contribution < -0.4 is 10.2 Å². The third kappa shape index (κ3) is 3.43. The van der Waals surface area contributed by atoms with Crippen LogP contribution >= 0.6 is 11.6 Å². The minimum Gasteiger partial charge on any atom is -0.368 e. The molecule has 0 spiro atoms. The van der Waals surface area contributed by atoms with Crippen molar-refractivity contribution in [3.63, 3.8) is 0 Å². The molecule has 1 heterocycles. The molecule has 1 N–H and O–H groups in total. The zero-order valence-corrected chi connectivity index (χ0v) is 12.3. The van der Waals surface area contributed by atoms with Gasteiger partial charge in [0.15, 0.2) is 0 Å². The molecule has 1 aromatic carbocycles. The number of nitrogens with zero attached hydrogens (tertiary/aromatic N) is 2. The molecule has 1 saturated heterocycles. The molecule has 0 bridgehead atoms. The lowest BCUT2D eigenvalue weighted by molar-refractivity contribution is -0.115. The molecule has 0 aliphatic carbocycles. The van der Waals surface area contributed by atoms with E-state index in [-0.39, 0.29) is 12.3 Å². The number of amides is 1. The van der Waals surface area contributed by atoms with Gasteiger partial charge in [0.25, 0.3) is 0 Å². The van der Waals surface area contributed by atoms with Crippen molar-refractivity contribution in [1.29, 1.82) is 5.26 Å². The summed E-state index contributed by atoms with van der Waals surface area (Å²) < 4.78 is 0. The minimum absolute atomic E-state index is 0.150. The molecule has 1 unspecified atom stereocenters. The lowest BCUT2D eigenvalue weighted by atomic mass is 10.0. The van der Waals surface area contributed by atoms with E-state index in [2.05, 4.69) is 17.1 Å². The standard InChI is InChI=1S/C15H18ClN3O/c1-11-4-2-3-9-19(11)14-6-5-12(10-13(14)16)18-15(20)7-8-17/h5-6,10-11H,2-4,7,9H2,1H3,(H,18,20). The van der Waals surface area contributed by atoms with E-state index in [9.17, 15) is 4.79 Å². The topological polar surface area (TPSA) is 56.1 Å². The number of hydrogen-bond acceptors (Lipinski definition) is 3. The Labute approximate surface area is 124 Å². The third-order valence-corrected chi connectivity index (χ3v) is 3.89. The van der Waals surface area contributed by atoms with Crippen LogP contribution in [0.1, 0.15) is 32.6 Å². The van der Waals surface area contributed by atoms with Crippen molar-refractivity contribution in [2.75, 3.05) is 16.8 Å². The molecule has 1 atom stereocenters. The Bertz CT molecular complexity index is 538. The Morgan fingerprint density at radius 3 is 3.00 bits per heavy atom. The van der Waals surface area contributed by atoms with Gasteiger partial charge in [-0.25, -0.2) is 0 Å². The number of nitrogens with one attached hydrogen (secondary N) is 1. The van der Waals surface area contributed by atoms with Crippen LogP contribution in [-0.4, -0.2) is 18.5 Å². The second-order valence-electron chi connectivity index (χ2n) is 5.09. The predicted octanol–water partition coefficient (Wildman–Crippen LogP) is 3.57. The molecule has 1 aromatic rings. The van der Waals surface area contributed by atoms with Gasteiger partial charge in [0.1, 0.15) is 6.42 Å². The molecule has 106 valence electrons. The smallest absolute Gasteiger partial charge is 0.238 e. The molecule has 0 saturated carbocycles. The zero-order chi connectivity index (χ0) is 14.5. The monoisotopic (exact) mass is 291 g/mol. The predicted molar refractivity (Wildman–Crippen MR) is 81.0 cm³/mol. The van der Waals surface area contributed by atoms with Gasteiger partial charge in [-0.3, -0.25) is 4.79 Å². The van der Waals surface area contributed by atoms with Crippen molar-refractivity contribution in [2.24, 2.45) is 0 Å². The van der Waals surface area contributed by atoms with Gasteiger partial charge >= 0.3 is 0 Å². The van der Waals surface area contributed by atoms with Crippen LogP contribution in [0.3, 0.4) is 0 Å². The van der Waals surface area contributed by atoms with E-state index in [1.165, 1.54) is 19.3 Å². The van der Waals surface area contributed by atoms with Gasteiger partial charge in [0.05, 0.1) is 16.8 Å². The lowest BCUT2D eigenvalue weighted by Gasteiger charge is -2.36. The number of nitriles is 1. The molecule has 1 aliphatic rings. The van der Waals surface area contributed by atoms with Crippen LogP contribution in [0.2, 0.25) is 5.02 Å². The summed E-state index contributed by atoms with van der Waals surface area (Å²) >= 11 is 6.33. The zero-order valence-electron chi connectivity index (χ0n) is 11.5. The van der Waals surface area contributed by atoms with E-state index >= 15 is 0 Å². The highest BCUT2D eigenvalue weighted by molar-refractivity contribution is 6.33. The maximum absolute atomic E-state index is 11.4. The van der Waals surface area contributed by atoms with Crippen LogP contribution in [0.25, 0.3) is 0 Å². The third-order valence-electron chi connectivity index (χ3n) is 3.58. The maximum atomic E-state index is 11.4. The van der Waals surface area contributed by atoms with Crippen LogP contribution in [0.5, 0.6) is 0 Å². The summed E-state index contributed by atoms with van der Waals surface area (Å²) in [5.74, 6) is -0.317. The molecule has 4 nitrogen and oxygen atoms in total. The van der Waals surface area contributed by atoms with Gasteiger partial charge in [0, 0.05) is 18.3 Å². The van der Waals surface area contributed by atoms with Crippen LogP contribution in [-0.2, 0) is 4.79 Å². The Morgan fingerprint density at radius 2 is 2.35 bits per heavy atom. The summed E-state index contributed by atoms with van der Waals surface area (Å²) in [6.45, 7) is 3.22. The number of piperidine rings is 1. The highest BCUT2D eigenvalue weighted by Gasteiger charge is 2.20. The first-order valence-electron chi connectivity index (χ1n) is 6.85. The van der Waals surface area contributed by atoms with Crippen molar-refractivity contribution in [2.45, 2.75) is 38.6 Å². The van der Waals surface area contributed by atoms with Gasteiger partial charge in [-0.1, -0.05) is 11.6 Å². The fraction of sp³-hybridized carbons (Fsp3) is 0.467.